The van der Waals surface area contributed by atoms with Gasteiger partial charge in [0.1, 0.15) is 5.75 Å². The van der Waals surface area contributed by atoms with Gasteiger partial charge in [-0.1, -0.05) is 36.4 Å². The smallest absolute Gasteiger partial charge is 0.261 e. The van der Waals surface area contributed by atoms with Gasteiger partial charge in [-0.3, -0.25) is 0 Å². The summed E-state index contributed by atoms with van der Waals surface area (Å²) in [6.07, 6.45) is 0. The number of fused-ring (bicyclic) bond motifs is 1. The Labute approximate surface area is 133 Å². The second-order valence-corrected chi connectivity index (χ2v) is 7.40. The second-order valence-electron chi connectivity index (χ2n) is 4.86. The maximum absolute atomic E-state index is 11.7. The van der Waals surface area contributed by atoms with E-state index in [0.29, 0.717) is 5.56 Å². The third kappa shape index (κ3) is 2.80. The third-order valence-electron chi connectivity index (χ3n) is 3.51. The maximum Gasteiger partial charge on any atom is 0.261 e. The van der Waals surface area contributed by atoms with E-state index < -0.39 is 9.05 Å². The van der Waals surface area contributed by atoms with Crippen LogP contribution in [0, 0.1) is 0 Å². The van der Waals surface area contributed by atoms with Crippen molar-refractivity contribution in [1.82, 2.24) is 0 Å². The molecule has 0 N–H and O–H groups in total. The zero-order chi connectivity index (χ0) is 15.7. The summed E-state index contributed by atoms with van der Waals surface area (Å²) >= 11 is 0. The lowest BCUT2D eigenvalue weighted by Crippen LogP contribution is -1.94. The molecule has 0 saturated carbocycles. The molecule has 0 spiro atoms. The number of rotatable bonds is 3. The summed E-state index contributed by atoms with van der Waals surface area (Å²) in [4.78, 5) is 0.110. The van der Waals surface area contributed by atoms with E-state index in [1.54, 1.807) is 25.3 Å². The Hall–Kier alpha value is -2.04. The Morgan fingerprint density at radius 3 is 2.36 bits per heavy atom. The fourth-order valence-corrected chi connectivity index (χ4v) is 3.53. The van der Waals surface area contributed by atoms with Crippen LogP contribution in [-0.2, 0) is 9.05 Å². The highest BCUT2D eigenvalue weighted by molar-refractivity contribution is 8.13. The quantitative estimate of drug-likeness (QED) is 0.666. The molecule has 0 fully saturated rings. The molecule has 0 aromatic heterocycles. The van der Waals surface area contributed by atoms with Crippen LogP contribution in [0.3, 0.4) is 0 Å². The van der Waals surface area contributed by atoms with Gasteiger partial charge in [-0.05, 0) is 40.6 Å². The zero-order valence-corrected chi connectivity index (χ0v) is 13.4. The number of benzene rings is 3. The fraction of sp³-hybridized carbons (Fsp3) is 0.0588. The van der Waals surface area contributed by atoms with E-state index in [4.69, 9.17) is 15.4 Å². The lowest BCUT2D eigenvalue weighted by Gasteiger charge is -2.09. The van der Waals surface area contributed by atoms with Gasteiger partial charge in [0, 0.05) is 16.2 Å². The summed E-state index contributed by atoms with van der Waals surface area (Å²) in [5.74, 6) is 0.753. The van der Waals surface area contributed by atoms with Gasteiger partial charge in [0.2, 0.25) is 0 Å². The van der Waals surface area contributed by atoms with E-state index in [9.17, 15) is 8.42 Å². The van der Waals surface area contributed by atoms with Gasteiger partial charge in [0.25, 0.3) is 9.05 Å². The van der Waals surface area contributed by atoms with Crippen molar-refractivity contribution in [3.63, 3.8) is 0 Å². The van der Waals surface area contributed by atoms with Crippen molar-refractivity contribution in [1.29, 1.82) is 0 Å². The molecule has 0 bridgehead atoms. The molecule has 0 heterocycles. The lowest BCUT2D eigenvalue weighted by molar-refractivity contribution is 0.415. The molecule has 0 aliphatic carbocycles. The van der Waals surface area contributed by atoms with Gasteiger partial charge in [0.15, 0.2) is 0 Å². The number of hydrogen-bond acceptors (Lipinski definition) is 3. The third-order valence-corrected chi connectivity index (χ3v) is 4.89. The number of methoxy groups -OCH3 is 1. The Morgan fingerprint density at radius 1 is 0.909 bits per heavy atom. The van der Waals surface area contributed by atoms with Gasteiger partial charge in [-0.2, -0.15) is 0 Å². The van der Waals surface area contributed by atoms with Gasteiger partial charge in [-0.25, -0.2) is 8.42 Å². The average Bonchev–Trinajstić information content (AvgIpc) is 2.53. The molecule has 0 aliphatic heterocycles. The van der Waals surface area contributed by atoms with E-state index in [1.807, 2.05) is 36.4 Å². The Morgan fingerprint density at radius 2 is 1.64 bits per heavy atom. The molecule has 0 aliphatic rings. The Bertz CT molecular complexity index is 949. The minimum atomic E-state index is -3.80. The van der Waals surface area contributed by atoms with Crippen LogP contribution in [0.15, 0.2) is 65.6 Å². The van der Waals surface area contributed by atoms with Gasteiger partial charge < -0.3 is 4.74 Å². The molecule has 0 unspecified atom stereocenters. The van der Waals surface area contributed by atoms with Crippen LogP contribution in [0.4, 0.5) is 0 Å². The van der Waals surface area contributed by atoms with Crippen molar-refractivity contribution in [2.75, 3.05) is 7.11 Å². The molecule has 0 saturated heterocycles. The first kappa shape index (κ1) is 14.9. The molecule has 0 radical (unpaired) electrons. The minimum absolute atomic E-state index is 0.110. The zero-order valence-electron chi connectivity index (χ0n) is 11.8. The fourth-order valence-electron chi connectivity index (χ4n) is 2.44. The largest absolute Gasteiger partial charge is 0.497 e. The minimum Gasteiger partial charge on any atom is -0.497 e. The van der Waals surface area contributed by atoms with Crippen LogP contribution < -0.4 is 4.74 Å². The molecule has 112 valence electrons. The van der Waals surface area contributed by atoms with Crippen molar-refractivity contribution in [3.05, 3.63) is 60.7 Å². The molecule has 3 aromatic rings. The van der Waals surface area contributed by atoms with Crippen molar-refractivity contribution in [2.24, 2.45) is 0 Å². The first-order valence-corrected chi connectivity index (χ1v) is 8.92. The van der Waals surface area contributed by atoms with Crippen molar-refractivity contribution >= 4 is 30.5 Å². The number of ether oxygens (including phenoxy) is 1. The van der Waals surface area contributed by atoms with E-state index in [1.165, 1.54) is 6.07 Å². The standard InChI is InChI=1S/C17H13ClO3S/c1-21-15-9-8-12-6-7-13(10-14(12)11-15)16-4-2-3-5-17(16)22(18,19)20/h2-11H,1H3. The second kappa shape index (κ2) is 5.63. The molecule has 3 aromatic carbocycles. The van der Waals surface area contributed by atoms with Crippen molar-refractivity contribution in [2.45, 2.75) is 4.90 Å². The van der Waals surface area contributed by atoms with E-state index in [-0.39, 0.29) is 4.90 Å². The van der Waals surface area contributed by atoms with Gasteiger partial charge >= 0.3 is 0 Å². The molecule has 0 amide bonds. The van der Waals surface area contributed by atoms with Crippen molar-refractivity contribution < 1.29 is 13.2 Å². The summed E-state index contributed by atoms with van der Waals surface area (Å²) in [6, 6.07) is 18.2. The highest BCUT2D eigenvalue weighted by atomic mass is 35.7. The maximum atomic E-state index is 11.7. The first-order chi connectivity index (χ1) is 10.5. The van der Waals surface area contributed by atoms with Crippen LogP contribution in [0.1, 0.15) is 0 Å². The van der Waals surface area contributed by atoms with Crippen LogP contribution in [0.25, 0.3) is 21.9 Å². The summed E-state index contributed by atoms with van der Waals surface area (Å²) in [6.45, 7) is 0. The van der Waals surface area contributed by atoms with Crippen molar-refractivity contribution in [3.8, 4) is 16.9 Å². The van der Waals surface area contributed by atoms with Crippen LogP contribution in [-0.4, -0.2) is 15.5 Å². The Kier molecular flexibility index (Phi) is 3.81. The number of hydrogen-bond donors (Lipinski definition) is 0. The summed E-state index contributed by atoms with van der Waals surface area (Å²) in [5, 5.41) is 2.02. The van der Waals surface area contributed by atoms with Crippen LogP contribution in [0.5, 0.6) is 5.75 Å². The molecule has 3 rings (SSSR count). The summed E-state index contributed by atoms with van der Waals surface area (Å²) in [7, 11) is 3.34. The monoisotopic (exact) mass is 332 g/mol. The van der Waals surface area contributed by atoms with Gasteiger partial charge in [0.05, 0.1) is 12.0 Å². The predicted octanol–water partition coefficient (Wildman–Crippen LogP) is 4.44. The average molecular weight is 333 g/mol. The molecule has 3 nitrogen and oxygen atoms in total. The number of halogens is 1. The van der Waals surface area contributed by atoms with E-state index in [0.717, 1.165) is 22.1 Å². The molecule has 5 heteroatoms. The normalized spacial score (nSPS) is 11.5. The SMILES string of the molecule is COc1ccc2ccc(-c3ccccc3S(=O)(=O)Cl)cc2c1. The summed E-state index contributed by atoms with van der Waals surface area (Å²) in [5.41, 5.74) is 1.38. The van der Waals surface area contributed by atoms with Crippen LogP contribution >= 0.6 is 10.7 Å². The molecule has 0 atom stereocenters. The lowest BCUT2D eigenvalue weighted by atomic mass is 10.0. The molecular weight excluding hydrogens is 320 g/mol. The molecule has 22 heavy (non-hydrogen) atoms. The predicted molar refractivity (Wildman–Crippen MR) is 89.0 cm³/mol. The summed E-state index contributed by atoms with van der Waals surface area (Å²) < 4.78 is 28.7. The first-order valence-electron chi connectivity index (χ1n) is 6.61. The highest BCUT2D eigenvalue weighted by Crippen LogP contribution is 2.32. The van der Waals surface area contributed by atoms with Gasteiger partial charge in [-0.15, -0.1) is 0 Å². The topological polar surface area (TPSA) is 43.4 Å². The van der Waals surface area contributed by atoms with E-state index in [2.05, 4.69) is 0 Å². The Balaban J connectivity index is 2.23. The molecular formula is C17H13ClO3S. The van der Waals surface area contributed by atoms with Crippen LogP contribution in [0.2, 0.25) is 0 Å². The van der Waals surface area contributed by atoms with E-state index >= 15 is 0 Å². The highest BCUT2D eigenvalue weighted by Gasteiger charge is 2.16.